The molecule has 0 atom stereocenters. The smallest absolute Gasteiger partial charge is 0.237 e. The Morgan fingerprint density at radius 1 is 1.17 bits per heavy atom. The predicted molar refractivity (Wildman–Crippen MR) is 68.8 cm³/mol. The molecule has 0 aromatic rings. The molecule has 0 radical (unpaired) electrons. The second-order valence-corrected chi connectivity index (χ2v) is 5.50. The first-order valence-corrected chi connectivity index (χ1v) is 6.95. The van der Waals surface area contributed by atoms with Crippen LogP contribution in [0.4, 0.5) is 0 Å². The SMILES string of the molecule is NC(=O)CN(C(=O)CNCC1CC1)C1CCCC1. The predicted octanol–water partition coefficient (Wildman–Crippen LogP) is 0.242. The van der Waals surface area contributed by atoms with Gasteiger partial charge in [0.1, 0.15) is 0 Å². The van der Waals surface area contributed by atoms with Crippen molar-refractivity contribution in [2.24, 2.45) is 11.7 Å². The fourth-order valence-electron chi connectivity index (χ4n) is 2.61. The quantitative estimate of drug-likeness (QED) is 0.682. The van der Waals surface area contributed by atoms with Crippen LogP contribution >= 0.6 is 0 Å². The number of carbonyl (C=O) groups excluding carboxylic acids is 2. The summed E-state index contributed by atoms with van der Waals surface area (Å²) in [6.45, 7) is 1.32. The summed E-state index contributed by atoms with van der Waals surface area (Å²) in [4.78, 5) is 24.9. The number of hydrogen-bond donors (Lipinski definition) is 2. The molecule has 0 aliphatic heterocycles. The maximum atomic E-state index is 12.1. The molecule has 102 valence electrons. The van der Waals surface area contributed by atoms with Crippen molar-refractivity contribution in [2.75, 3.05) is 19.6 Å². The van der Waals surface area contributed by atoms with Gasteiger partial charge in [0.2, 0.25) is 11.8 Å². The third-order valence-corrected chi connectivity index (χ3v) is 3.82. The summed E-state index contributed by atoms with van der Waals surface area (Å²) in [5.74, 6) is 0.354. The van der Waals surface area contributed by atoms with Gasteiger partial charge in [-0.3, -0.25) is 9.59 Å². The monoisotopic (exact) mass is 253 g/mol. The van der Waals surface area contributed by atoms with Crippen LogP contribution < -0.4 is 11.1 Å². The van der Waals surface area contributed by atoms with E-state index in [0.29, 0.717) is 6.54 Å². The third kappa shape index (κ3) is 3.98. The highest BCUT2D eigenvalue weighted by Crippen LogP contribution is 2.27. The number of nitrogens with one attached hydrogen (secondary N) is 1. The number of rotatable bonds is 7. The van der Waals surface area contributed by atoms with Gasteiger partial charge in [0.25, 0.3) is 0 Å². The molecule has 5 heteroatoms. The first kappa shape index (κ1) is 13.3. The van der Waals surface area contributed by atoms with Gasteiger partial charge in [-0.1, -0.05) is 12.8 Å². The van der Waals surface area contributed by atoms with Gasteiger partial charge in [-0.05, 0) is 38.1 Å². The zero-order chi connectivity index (χ0) is 13.0. The zero-order valence-electron chi connectivity index (χ0n) is 10.9. The van der Waals surface area contributed by atoms with Gasteiger partial charge < -0.3 is 16.0 Å². The maximum Gasteiger partial charge on any atom is 0.237 e. The summed E-state index contributed by atoms with van der Waals surface area (Å²) in [5, 5.41) is 3.18. The Hall–Kier alpha value is -1.10. The molecule has 0 saturated heterocycles. The standard InChI is InChI=1S/C13H23N3O2/c14-12(17)9-16(11-3-1-2-4-11)13(18)8-15-7-10-5-6-10/h10-11,15H,1-9H2,(H2,14,17). The van der Waals surface area contributed by atoms with E-state index in [1.807, 2.05) is 0 Å². The number of nitrogens with zero attached hydrogens (tertiary/aromatic N) is 1. The molecule has 2 amide bonds. The Bertz CT molecular complexity index is 309. The molecule has 0 aromatic carbocycles. The Morgan fingerprint density at radius 3 is 2.39 bits per heavy atom. The van der Waals surface area contributed by atoms with Crippen LogP contribution in [0.5, 0.6) is 0 Å². The molecule has 2 saturated carbocycles. The van der Waals surface area contributed by atoms with E-state index in [2.05, 4.69) is 5.32 Å². The summed E-state index contributed by atoms with van der Waals surface area (Å²) >= 11 is 0. The molecule has 3 N–H and O–H groups in total. The molecule has 18 heavy (non-hydrogen) atoms. The van der Waals surface area contributed by atoms with Crippen LogP contribution in [-0.4, -0.2) is 42.4 Å². The van der Waals surface area contributed by atoms with Crippen molar-refractivity contribution in [2.45, 2.75) is 44.6 Å². The molecule has 0 spiro atoms. The van der Waals surface area contributed by atoms with Gasteiger partial charge in [0.15, 0.2) is 0 Å². The lowest BCUT2D eigenvalue weighted by molar-refractivity contribution is -0.136. The minimum Gasteiger partial charge on any atom is -0.368 e. The number of amides is 2. The fourth-order valence-corrected chi connectivity index (χ4v) is 2.61. The second-order valence-electron chi connectivity index (χ2n) is 5.50. The summed E-state index contributed by atoms with van der Waals surface area (Å²) in [6.07, 6.45) is 6.83. The van der Waals surface area contributed by atoms with Crippen molar-refractivity contribution in [1.82, 2.24) is 10.2 Å². The van der Waals surface area contributed by atoms with E-state index in [-0.39, 0.29) is 18.5 Å². The van der Waals surface area contributed by atoms with Crippen molar-refractivity contribution < 1.29 is 9.59 Å². The molecule has 0 heterocycles. The number of nitrogens with two attached hydrogens (primary N) is 1. The lowest BCUT2D eigenvalue weighted by atomic mass is 10.2. The average Bonchev–Trinajstić information content (AvgIpc) is 2.98. The van der Waals surface area contributed by atoms with Crippen LogP contribution in [0, 0.1) is 5.92 Å². The topological polar surface area (TPSA) is 75.4 Å². The van der Waals surface area contributed by atoms with Crippen LogP contribution in [0.15, 0.2) is 0 Å². The molecular weight excluding hydrogens is 230 g/mol. The van der Waals surface area contributed by atoms with Crippen molar-refractivity contribution in [3.63, 3.8) is 0 Å². The van der Waals surface area contributed by atoms with E-state index < -0.39 is 5.91 Å². The molecule has 0 aromatic heterocycles. The molecule has 0 bridgehead atoms. The van der Waals surface area contributed by atoms with E-state index in [4.69, 9.17) is 5.73 Å². The molecule has 2 aliphatic rings. The van der Waals surface area contributed by atoms with Gasteiger partial charge in [-0.2, -0.15) is 0 Å². The summed E-state index contributed by atoms with van der Waals surface area (Å²) in [7, 11) is 0. The summed E-state index contributed by atoms with van der Waals surface area (Å²) in [5.41, 5.74) is 5.23. The molecular formula is C13H23N3O2. The lowest BCUT2D eigenvalue weighted by Gasteiger charge is -2.28. The number of hydrogen-bond acceptors (Lipinski definition) is 3. The summed E-state index contributed by atoms with van der Waals surface area (Å²) in [6, 6.07) is 0.215. The number of primary amides is 1. The minimum absolute atomic E-state index is 0.0151. The van der Waals surface area contributed by atoms with Gasteiger partial charge >= 0.3 is 0 Å². The van der Waals surface area contributed by atoms with Crippen LogP contribution in [0.1, 0.15) is 38.5 Å². The second kappa shape index (κ2) is 6.18. The van der Waals surface area contributed by atoms with Crippen molar-refractivity contribution in [3.05, 3.63) is 0 Å². The van der Waals surface area contributed by atoms with Gasteiger partial charge in [-0.25, -0.2) is 0 Å². The van der Waals surface area contributed by atoms with Crippen LogP contribution in [0.2, 0.25) is 0 Å². The van der Waals surface area contributed by atoms with Gasteiger partial charge in [0.05, 0.1) is 13.1 Å². The van der Waals surface area contributed by atoms with Crippen molar-refractivity contribution in [1.29, 1.82) is 0 Å². The zero-order valence-corrected chi connectivity index (χ0v) is 10.9. The van der Waals surface area contributed by atoms with Crippen molar-refractivity contribution in [3.8, 4) is 0 Å². The van der Waals surface area contributed by atoms with E-state index >= 15 is 0 Å². The highest BCUT2D eigenvalue weighted by molar-refractivity contribution is 5.85. The van der Waals surface area contributed by atoms with Gasteiger partial charge in [-0.15, -0.1) is 0 Å². The average molecular weight is 253 g/mol. The highest BCUT2D eigenvalue weighted by atomic mass is 16.2. The molecule has 5 nitrogen and oxygen atoms in total. The maximum absolute atomic E-state index is 12.1. The first-order chi connectivity index (χ1) is 8.66. The van der Waals surface area contributed by atoms with E-state index in [0.717, 1.165) is 38.1 Å². The van der Waals surface area contributed by atoms with E-state index in [1.54, 1.807) is 4.90 Å². The van der Waals surface area contributed by atoms with Crippen LogP contribution in [0.25, 0.3) is 0 Å². The summed E-state index contributed by atoms with van der Waals surface area (Å²) < 4.78 is 0. The first-order valence-electron chi connectivity index (χ1n) is 6.95. The Kier molecular flexibility index (Phi) is 4.58. The Balaban J connectivity index is 1.80. The minimum atomic E-state index is -0.419. The van der Waals surface area contributed by atoms with Crippen molar-refractivity contribution >= 4 is 11.8 Å². The Labute approximate surface area is 108 Å². The molecule has 0 unspecified atom stereocenters. The number of carbonyl (C=O) groups is 2. The molecule has 2 aliphatic carbocycles. The Morgan fingerprint density at radius 2 is 1.83 bits per heavy atom. The largest absolute Gasteiger partial charge is 0.368 e. The fraction of sp³-hybridized carbons (Fsp3) is 0.846. The van der Waals surface area contributed by atoms with Crippen LogP contribution in [-0.2, 0) is 9.59 Å². The van der Waals surface area contributed by atoms with E-state index in [1.165, 1.54) is 12.8 Å². The lowest BCUT2D eigenvalue weighted by Crippen LogP contribution is -2.47. The molecule has 2 rings (SSSR count). The highest BCUT2D eigenvalue weighted by Gasteiger charge is 2.28. The normalized spacial score (nSPS) is 20.0. The van der Waals surface area contributed by atoms with Gasteiger partial charge in [0, 0.05) is 6.04 Å². The molecule has 2 fully saturated rings. The van der Waals surface area contributed by atoms with Crippen LogP contribution in [0.3, 0.4) is 0 Å². The van der Waals surface area contributed by atoms with E-state index in [9.17, 15) is 9.59 Å². The third-order valence-electron chi connectivity index (χ3n) is 3.82.